The van der Waals surface area contributed by atoms with Crippen LogP contribution in [0, 0.1) is 18.7 Å². The van der Waals surface area contributed by atoms with Crippen LogP contribution < -0.4 is 4.74 Å². The first-order valence-electron chi connectivity index (χ1n) is 8.26. The van der Waals surface area contributed by atoms with Gasteiger partial charge in [0, 0.05) is 25.2 Å². The van der Waals surface area contributed by atoms with Crippen molar-refractivity contribution in [1.29, 1.82) is 0 Å². The molecular formula is C18H22FN3O2. The van der Waals surface area contributed by atoms with E-state index in [1.54, 1.807) is 29.1 Å². The highest BCUT2D eigenvalue weighted by atomic mass is 19.1. The molecule has 2 heterocycles. The number of carbonyl (C=O) groups excluding carboxylic acids is 1. The Morgan fingerprint density at radius 1 is 1.42 bits per heavy atom. The second-order valence-corrected chi connectivity index (χ2v) is 6.30. The maximum atomic E-state index is 13.6. The minimum Gasteiger partial charge on any atom is -0.490 e. The van der Waals surface area contributed by atoms with Gasteiger partial charge in [-0.05, 0) is 37.5 Å². The van der Waals surface area contributed by atoms with Crippen LogP contribution >= 0.6 is 0 Å². The van der Waals surface area contributed by atoms with Crippen LogP contribution in [0.3, 0.4) is 0 Å². The van der Waals surface area contributed by atoms with E-state index in [9.17, 15) is 9.18 Å². The van der Waals surface area contributed by atoms with Crippen LogP contribution in [0.5, 0.6) is 5.75 Å². The van der Waals surface area contributed by atoms with Crippen molar-refractivity contribution in [3.8, 4) is 5.75 Å². The SMILES string of the molecule is Cc1cnn(CC(=O)N2CCC[C@H](COc3ccccc3F)C2)c1. The lowest BCUT2D eigenvalue weighted by atomic mass is 9.99. The lowest BCUT2D eigenvalue weighted by molar-refractivity contribution is -0.134. The summed E-state index contributed by atoms with van der Waals surface area (Å²) in [6.07, 6.45) is 5.53. The lowest BCUT2D eigenvalue weighted by Gasteiger charge is -2.32. The van der Waals surface area contributed by atoms with E-state index in [4.69, 9.17) is 4.74 Å². The van der Waals surface area contributed by atoms with Crippen molar-refractivity contribution < 1.29 is 13.9 Å². The van der Waals surface area contributed by atoms with Gasteiger partial charge in [0.2, 0.25) is 5.91 Å². The highest BCUT2D eigenvalue weighted by Crippen LogP contribution is 2.21. The van der Waals surface area contributed by atoms with Crippen molar-refractivity contribution in [3.05, 3.63) is 48.0 Å². The summed E-state index contributed by atoms with van der Waals surface area (Å²) in [4.78, 5) is 14.3. The van der Waals surface area contributed by atoms with E-state index < -0.39 is 0 Å². The predicted octanol–water partition coefficient (Wildman–Crippen LogP) is 2.65. The van der Waals surface area contributed by atoms with Gasteiger partial charge in [0.25, 0.3) is 0 Å². The zero-order chi connectivity index (χ0) is 16.9. The number of aromatic nitrogens is 2. The Morgan fingerprint density at radius 3 is 3.00 bits per heavy atom. The van der Waals surface area contributed by atoms with Gasteiger partial charge in [0.1, 0.15) is 6.54 Å². The minimum absolute atomic E-state index is 0.0636. The third-order valence-electron chi connectivity index (χ3n) is 4.24. The number of carbonyl (C=O) groups is 1. The van der Waals surface area contributed by atoms with Crippen LogP contribution in [0.1, 0.15) is 18.4 Å². The number of aryl methyl sites for hydroxylation is 1. The second-order valence-electron chi connectivity index (χ2n) is 6.30. The average molecular weight is 331 g/mol. The number of benzene rings is 1. The molecule has 5 nitrogen and oxygen atoms in total. The number of nitrogens with zero attached hydrogens (tertiary/aromatic N) is 3. The summed E-state index contributed by atoms with van der Waals surface area (Å²) < 4.78 is 20.9. The molecule has 128 valence electrons. The molecule has 0 bridgehead atoms. The van der Waals surface area contributed by atoms with E-state index in [0.717, 1.165) is 24.9 Å². The fourth-order valence-electron chi connectivity index (χ4n) is 2.99. The Bertz CT molecular complexity index is 701. The average Bonchev–Trinajstić information content (AvgIpc) is 2.99. The smallest absolute Gasteiger partial charge is 0.244 e. The van der Waals surface area contributed by atoms with E-state index in [1.165, 1.54) is 6.07 Å². The fourth-order valence-corrected chi connectivity index (χ4v) is 2.99. The number of halogens is 1. The first-order chi connectivity index (χ1) is 11.6. The zero-order valence-corrected chi connectivity index (χ0v) is 13.8. The molecule has 0 saturated carbocycles. The number of rotatable bonds is 5. The Balaban J connectivity index is 1.52. The summed E-state index contributed by atoms with van der Waals surface area (Å²) >= 11 is 0. The van der Waals surface area contributed by atoms with Crippen LogP contribution in [0.25, 0.3) is 0 Å². The van der Waals surface area contributed by atoms with Gasteiger partial charge in [-0.3, -0.25) is 9.48 Å². The molecule has 1 aromatic carbocycles. The number of hydrogen-bond acceptors (Lipinski definition) is 3. The third kappa shape index (κ3) is 4.13. The van der Waals surface area contributed by atoms with Gasteiger partial charge in [-0.25, -0.2) is 4.39 Å². The number of piperidine rings is 1. The monoisotopic (exact) mass is 331 g/mol. The molecule has 3 rings (SSSR count). The first kappa shape index (κ1) is 16.5. The molecule has 1 aliphatic rings. The van der Waals surface area contributed by atoms with Crippen molar-refractivity contribution in [2.24, 2.45) is 5.92 Å². The summed E-state index contributed by atoms with van der Waals surface area (Å²) in [6.45, 7) is 4.04. The highest BCUT2D eigenvalue weighted by Gasteiger charge is 2.24. The molecule has 0 aliphatic carbocycles. The number of likely N-dealkylation sites (tertiary alicyclic amines) is 1. The van der Waals surface area contributed by atoms with E-state index >= 15 is 0 Å². The van der Waals surface area contributed by atoms with E-state index in [2.05, 4.69) is 5.10 Å². The predicted molar refractivity (Wildman–Crippen MR) is 88.2 cm³/mol. The van der Waals surface area contributed by atoms with Gasteiger partial charge in [0.05, 0.1) is 12.8 Å². The molecule has 0 spiro atoms. The van der Waals surface area contributed by atoms with Gasteiger partial charge in [-0.2, -0.15) is 5.10 Å². The van der Waals surface area contributed by atoms with Gasteiger partial charge in [-0.1, -0.05) is 12.1 Å². The van der Waals surface area contributed by atoms with Crippen molar-refractivity contribution in [1.82, 2.24) is 14.7 Å². The largest absolute Gasteiger partial charge is 0.490 e. The quantitative estimate of drug-likeness (QED) is 0.846. The molecule has 1 fully saturated rings. The fraction of sp³-hybridized carbons (Fsp3) is 0.444. The van der Waals surface area contributed by atoms with Crippen LogP contribution in [0.4, 0.5) is 4.39 Å². The number of para-hydroxylation sites is 1. The third-order valence-corrected chi connectivity index (χ3v) is 4.24. The number of ether oxygens (including phenoxy) is 1. The Labute approximate surface area is 141 Å². The van der Waals surface area contributed by atoms with Gasteiger partial charge in [0.15, 0.2) is 11.6 Å². The summed E-state index contributed by atoms with van der Waals surface area (Å²) in [5.74, 6) is 0.207. The molecule has 0 unspecified atom stereocenters. The summed E-state index contributed by atoms with van der Waals surface area (Å²) in [5.41, 5.74) is 1.04. The van der Waals surface area contributed by atoms with Crippen LogP contribution in [0.15, 0.2) is 36.7 Å². The maximum Gasteiger partial charge on any atom is 0.244 e. The highest BCUT2D eigenvalue weighted by molar-refractivity contribution is 5.76. The van der Waals surface area contributed by atoms with E-state index in [1.807, 2.05) is 18.0 Å². The Kier molecular flexibility index (Phi) is 5.13. The molecule has 1 aromatic heterocycles. The van der Waals surface area contributed by atoms with Crippen LogP contribution in [0.2, 0.25) is 0 Å². The molecular weight excluding hydrogens is 309 g/mol. The second kappa shape index (κ2) is 7.47. The molecule has 1 atom stereocenters. The maximum absolute atomic E-state index is 13.6. The summed E-state index contributed by atoms with van der Waals surface area (Å²) in [6, 6.07) is 6.40. The molecule has 1 aliphatic heterocycles. The minimum atomic E-state index is -0.352. The molecule has 1 saturated heterocycles. The van der Waals surface area contributed by atoms with E-state index in [0.29, 0.717) is 13.2 Å². The molecule has 2 aromatic rings. The summed E-state index contributed by atoms with van der Waals surface area (Å²) in [7, 11) is 0. The van der Waals surface area contributed by atoms with E-state index in [-0.39, 0.29) is 29.9 Å². The zero-order valence-electron chi connectivity index (χ0n) is 13.8. The van der Waals surface area contributed by atoms with Crippen molar-refractivity contribution in [2.45, 2.75) is 26.3 Å². The van der Waals surface area contributed by atoms with Crippen molar-refractivity contribution in [2.75, 3.05) is 19.7 Å². The Morgan fingerprint density at radius 2 is 2.25 bits per heavy atom. The normalized spacial score (nSPS) is 17.8. The topological polar surface area (TPSA) is 47.4 Å². The molecule has 0 N–H and O–H groups in total. The number of amides is 1. The molecule has 0 radical (unpaired) electrons. The first-order valence-corrected chi connectivity index (χ1v) is 8.26. The van der Waals surface area contributed by atoms with Gasteiger partial charge >= 0.3 is 0 Å². The van der Waals surface area contributed by atoms with Crippen LogP contribution in [-0.4, -0.2) is 40.3 Å². The standard InChI is InChI=1S/C18H22FN3O2/c1-14-9-20-22(10-14)12-18(23)21-8-4-5-15(11-21)13-24-17-7-3-2-6-16(17)19/h2-3,6-7,9-10,15H,4-5,8,11-13H2,1H3/t15-/m0/s1. The van der Waals surface area contributed by atoms with Crippen molar-refractivity contribution >= 4 is 5.91 Å². The summed E-state index contributed by atoms with van der Waals surface area (Å²) in [5, 5.41) is 4.16. The Hall–Kier alpha value is -2.37. The van der Waals surface area contributed by atoms with Gasteiger partial charge < -0.3 is 9.64 Å². The van der Waals surface area contributed by atoms with Gasteiger partial charge in [-0.15, -0.1) is 0 Å². The van der Waals surface area contributed by atoms with Crippen LogP contribution in [-0.2, 0) is 11.3 Å². The molecule has 24 heavy (non-hydrogen) atoms. The molecule has 1 amide bonds. The molecule has 6 heteroatoms. The number of hydrogen-bond donors (Lipinski definition) is 0. The van der Waals surface area contributed by atoms with Crippen molar-refractivity contribution in [3.63, 3.8) is 0 Å². The lowest BCUT2D eigenvalue weighted by Crippen LogP contribution is -2.43.